The van der Waals surface area contributed by atoms with Crippen molar-refractivity contribution in [3.63, 3.8) is 0 Å². The molecule has 0 bridgehead atoms. The molecular formula is C19H21BrF3NO2. The average molecular weight is 432 g/mol. The topological polar surface area (TPSA) is 30.5 Å². The standard InChI is InChI=1S/C19H21BrF3NO2/c1-4-26-17-9-13(8-16(20)18(17)25-3)11-24-12(2)14-6-5-7-15(10-14)19(21,22)23/h5-10,12,24H,4,11H2,1-3H3. The van der Waals surface area contributed by atoms with E-state index in [0.717, 1.165) is 16.1 Å². The summed E-state index contributed by atoms with van der Waals surface area (Å²) in [6.45, 7) is 4.69. The Labute approximate surface area is 159 Å². The molecule has 0 saturated heterocycles. The average Bonchev–Trinajstić information content (AvgIpc) is 2.59. The highest BCUT2D eigenvalue weighted by atomic mass is 79.9. The Morgan fingerprint density at radius 1 is 1.19 bits per heavy atom. The van der Waals surface area contributed by atoms with Crippen LogP contribution >= 0.6 is 15.9 Å². The quantitative estimate of drug-likeness (QED) is 0.607. The third kappa shape index (κ3) is 5.14. The van der Waals surface area contributed by atoms with Gasteiger partial charge in [-0.2, -0.15) is 13.2 Å². The number of rotatable bonds is 7. The van der Waals surface area contributed by atoms with Crippen LogP contribution in [0.15, 0.2) is 40.9 Å². The highest BCUT2D eigenvalue weighted by molar-refractivity contribution is 9.10. The van der Waals surface area contributed by atoms with E-state index in [4.69, 9.17) is 9.47 Å². The van der Waals surface area contributed by atoms with Gasteiger partial charge in [0.15, 0.2) is 11.5 Å². The fraction of sp³-hybridized carbons (Fsp3) is 0.368. The molecule has 2 aromatic carbocycles. The van der Waals surface area contributed by atoms with Gasteiger partial charge in [0.05, 0.1) is 23.8 Å². The molecule has 0 aliphatic carbocycles. The van der Waals surface area contributed by atoms with Crippen molar-refractivity contribution in [2.75, 3.05) is 13.7 Å². The minimum atomic E-state index is -4.34. The Morgan fingerprint density at radius 2 is 1.92 bits per heavy atom. The van der Waals surface area contributed by atoms with E-state index in [1.165, 1.54) is 12.1 Å². The lowest BCUT2D eigenvalue weighted by molar-refractivity contribution is -0.137. The first kappa shape index (κ1) is 20.6. The van der Waals surface area contributed by atoms with Crippen molar-refractivity contribution in [3.05, 3.63) is 57.6 Å². The molecule has 142 valence electrons. The normalized spacial score (nSPS) is 12.7. The minimum Gasteiger partial charge on any atom is -0.492 e. The van der Waals surface area contributed by atoms with Gasteiger partial charge in [-0.3, -0.25) is 0 Å². The first-order valence-corrected chi connectivity index (χ1v) is 8.95. The number of hydrogen-bond acceptors (Lipinski definition) is 3. The van der Waals surface area contributed by atoms with Crippen LogP contribution in [0.3, 0.4) is 0 Å². The fourth-order valence-electron chi connectivity index (χ4n) is 2.56. The van der Waals surface area contributed by atoms with E-state index in [0.29, 0.717) is 30.2 Å². The molecule has 0 aromatic heterocycles. The highest BCUT2D eigenvalue weighted by Crippen LogP contribution is 2.37. The van der Waals surface area contributed by atoms with Gasteiger partial charge in [-0.15, -0.1) is 0 Å². The summed E-state index contributed by atoms with van der Waals surface area (Å²) in [5.41, 5.74) is 0.867. The summed E-state index contributed by atoms with van der Waals surface area (Å²) in [5, 5.41) is 3.24. The van der Waals surface area contributed by atoms with Crippen molar-refractivity contribution in [2.24, 2.45) is 0 Å². The molecule has 0 amide bonds. The summed E-state index contributed by atoms with van der Waals surface area (Å²) in [4.78, 5) is 0. The van der Waals surface area contributed by atoms with Crippen LogP contribution in [0.5, 0.6) is 11.5 Å². The van der Waals surface area contributed by atoms with Crippen LogP contribution < -0.4 is 14.8 Å². The lowest BCUT2D eigenvalue weighted by atomic mass is 10.0. The first-order chi connectivity index (χ1) is 12.3. The summed E-state index contributed by atoms with van der Waals surface area (Å²) in [6.07, 6.45) is -4.34. The third-order valence-corrected chi connectivity index (χ3v) is 4.49. The second-order valence-corrected chi connectivity index (χ2v) is 6.62. The largest absolute Gasteiger partial charge is 0.492 e. The van der Waals surface area contributed by atoms with Gasteiger partial charge in [-0.1, -0.05) is 12.1 Å². The number of methoxy groups -OCH3 is 1. The lowest BCUT2D eigenvalue weighted by Gasteiger charge is -2.18. The molecule has 0 fully saturated rings. The molecule has 1 N–H and O–H groups in total. The highest BCUT2D eigenvalue weighted by Gasteiger charge is 2.30. The van der Waals surface area contributed by atoms with Gasteiger partial charge < -0.3 is 14.8 Å². The second-order valence-electron chi connectivity index (χ2n) is 5.77. The van der Waals surface area contributed by atoms with E-state index in [-0.39, 0.29) is 6.04 Å². The van der Waals surface area contributed by atoms with Gasteiger partial charge in [0.25, 0.3) is 0 Å². The minimum absolute atomic E-state index is 0.242. The molecule has 0 spiro atoms. The Kier molecular flexibility index (Phi) is 6.94. The molecule has 1 unspecified atom stereocenters. The van der Waals surface area contributed by atoms with Gasteiger partial charge in [-0.25, -0.2) is 0 Å². The number of nitrogens with one attached hydrogen (secondary N) is 1. The van der Waals surface area contributed by atoms with Gasteiger partial charge >= 0.3 is 6.18 Å². The molecule has 1 atom stereocenters. The predicted molar refractivity (Wildman–Crippen MR) is 98.6 cm³/mol. The van der Waals surface area contributed by atoms with E-state index < -0.39 is 11.7 Å². The molecular weight excluding hydrogens is 411 g/mol. The first-order valence-electron chi connectivity index (χ1n) is 8.16. The van der Waals surface area contributed by atoms with Crippen molar-refractivity contribution in [1.29, 1.82) is 0 Å². The SMILES string of the molecule is CCOc1cc(CNC(C)c2cccc(C(F)(F)F)c2)cc(Br)c1OC. The molecule has 2 rings (SSSR count). The van der Waals surface area contributed by atoms with E-state index in [1.54, 1.807) is 13.2 Å². The molecule has 0 saturated carbocycles. The zero-order valence-corrected chi connectivity index (χ0v) is 16.4. The molecule has 0 aliphatic rings. The van der Waals surface area contributed by atoms with Crippen molar-refractivity contribution >= 4 is 15.9 Å². The number of ether oxygens (including phenoxy) is 2. The molecule has 7 heteroatoms. The Balaban J connectivity index is 2.13. The van der Waals surface area contributed by atoms with Crippen LogP contribution in [0.2, 0.25) is 0 Å². The maximum atomic E-state index is 12.9. The van der Waals surface area contributed by atoms with Crippen LogP contribution in [0, 0.1) is 0 Å². The Bertz CT molecular complexity index is 750. The lowest BCUT2D eigenvalue weighted by Crippen LogP contribution is -2.19. The van der Waals surface area contributed by atoms with Crippen LogP contribution in [0.4, 0.5) is 13.2 Å². The predicted octanol–water partition coefficient (Wildman–Crippen LogP) is 5.73. The molecule has 3 nitrogen and oxygen atoms in total. The van der Waals surface area contributed by atoms with Crippen molar-refractivity contribution in [1.82, 2.24) is 5.32 Å². The molecule has 0 radical (unpaired) electrons. The maximum absolute atomic E-state index is 12.9. The van der Waals surface area contributed by atoms with Crippen molar-refractivity contribution in [2.45, 2.75) is 32.6 Å². The Morgan fingerprint density at radius 3 is 2.54 bits per heavy atom. The number of halogens is 4. The van der Waals surface area contributed by atoms with Crippen molar-refractivity contribution in [3.8, 4) is 11.5 Å². The van der Waals surface area contributed by atoms with Crippen LogP contribution in [0.1, 0.15) is 36.6 Å². The van der Waals surface area contributed by atoms with Crippen LogP contribution in [-0.4, -0.2) is 13.7 Å². The summed E-state index contributed by atoms with van der Waals surface area (Å²) >= 11 is 3.45. The second kappa shape index (κ2) is 8.77. The van der Waals surface area contributed by atoms with Gasteiger partial charge in [0.1, 0.15) is 0 Å². The number of hydrogen-bond donors (Lipinski definition) is 1. The summed E-state index contributed by atoms with van der Waals surface area (Å²) < 4.78 is 50.3. The summed E-state index contributed by atoms with van der Waals surface area (Å²) in [5.74, 6) is 1.23. The fourth-order valence-corrected chi connectivity index (χ4v) is 3.21. The van der Waals surface area contributed by atoms with Gasteiger partial charge in [-0.05, 0) is 65.2 Å². The monoisotopic (exact) mass is 431 g/mol. The molecule has 0 heterocycles. The van der Waals surface area contributed by atoms with E-state index in [1.807, 2.05) is 26.0 Å². The maximum Gasteiger partial charge on any atom is 0.416 e. The summed E-state index contributed by atoms with van der Waals surface area (Å²) in [6, 6.07) is 8.87. The third-order valence-electron chi connectivity index (χ3n) is 3.90. The van der Waals surface area contributed by atoms with E-state index in [9.17, 15) is 13.2 Å². The van der Waals surface area contributed by atoms with Crippen LogP contribution in [0.25, 0.3) is 0 Å². The molecule has 2 aromatic rings. The summed E-state index contributed by atoms with van der Waals surface area (Å²) in [7, 11) is 1.57. The zero-order chi connectivity index (χ0) is 19.3. The van der Waals surface area contributed by atoms with E-state index in [2.05, 4.69) is 21.2 Å². The number of benzene rings is 2. The zero-order valence-electron chi connectivity index (χ0n) is 14.8. The van der Waals surface area contributed by atoms with Gasteiger partial charge in [0.2, 0.25) is 0 Å². The number of alkyl halides is 3. The van der Waals surface area contributed by atoms with Crippen LogP contribution in [-0.2, 0) is 12.7 Å². The Hall–Kier alpha value is -1.73. The van der Waals surface area contributed by atoms with Gasteiger partial charge in [0, 0.05) is 12.6 Å². The van der Waals surface area contributed by atoms with Crippen molar-refractivity contribution < 1.29 is 22.6 Å². The molecule has 26 heavy (non-hydrogen) atoms. The smallest absolute Gasteiger partial charge is 0.416 e. The molecule has 0 aliphatic heterocycles. The van der Waals surface area contributed by atoms with E-state index >= 15 is 0 Å².